The fraction of sp³-hybridized carbons (Fsp3) is 0.269. The molecule has 7 N–H and O–H groups in total. The number of nitrogen functional groups attached to an aromatic ring is 2. The van der Waals surface area contributed by atoms with Gasteiger partial charge >= 0.3 is 0 Å². The number of ether oxygens (including phenoxy) is 1. The molecule has 0 radical (unpaired) electrons. The molecule has 1 heterocycles. The highest BCUT2D eigenvalue weighted by Gasteiger charge is 2.16. The molecule has 0 fully saturated rings. The van der Waals surface area contributed by atoms with Crippen molar-refractivity contribution in [2.75, 3.05) is 5.32 Å². The third-order valence-corrected chi connectivity index (χ3v) is 5.55. The molecular weight excluding hydrogens is 412 g/mol. The van der Waals surface area contributed by atoms with Crippen molar-refractivity contribution >= 4 is 17.4 Å². The molecule has 172 valence electrons. The van der Waals surface area contributed by atoms with E-state index in [1.807, 2.05) is 55.5 Å². The molecule has 0 amide bonds. The molecule has 0 unspecified atom stereocenters. The summed E-state index contributed by atoms with van der Waals surface area (Å²) in [6.45, 7) is 7.19. The van der Waals surface area contributed by atoms with E-state index >= 15 is 0 Å². The van der Waals surface area contributed by atoms with Crippen LogP contribution in [0.25, 0.3) is 0 Å². The Morgan fingerprint density at radius 2 is 1.70 bits per heavy atom. The normalized spacial score (nSPS) is 10.6. The predicted molar refractivity (Wildman–Crippen MR) is 134 cm³/mol. The predicted octanol–water partition coefficient (Wildman–Crippen LogP) is 4.41. The van der Waals surface area contributed by atoms with Crippen molar-refractivity contribution in [3.63, 3.8) is 0 Å². The van der Waals surface area contributed by atoms with Crippen molar-refractivity contribution in [2.24, 2.45) is 11.5 Å². The van der Waals surface area contributed by atoms with E-state index in [1.165, 1.54) is 0 Å². The van der Waals surface area contributed by atoms with E-state index in [9.17, 15) is 0 Å². The average Bonchev–Trinajstić information content (AvgIpc) is 2.79. The van der Waals surface area contributed by atoms with Gasteiger partial charge in [0.1, 0.15) is 24.0 Å². The first-order valence-electron chi connectivity index (χ1n) is 11.0. The molecule has 0 saturated heterocycles. The first-order chi connectivity index (χ1) is 15.8. The maximum atomic E-state index is 7.64. The van der Waals surface area contributed by atoms with Crippen LogP contribution in [0.2, 0.25) is 0 Å². The third kappa shape index (κ3) is 5.88. The average molecular weight is 445 g/mol. The quantitative estimate of drug-likeness (QED) is 0.233. The van der Waals surface area contributed by atoms with E-state index in [2.05, 4.69) is 19.2 Å². The zero-order chi connectivity index (χ0) is 24.0. The second-order valence-corrected chi connectivity index (χ2v) is 8.07. The second kappa shape index (κ2) is 10.6. The van der Waals surface area contributed by atoms with Crippen molar-refractivity contribution in [3.05, 3.63) is 87.7 Å². The van der Waals surface area contributed by atoms with Crippen LogP contribution in [-0.2, 0) is 19.6 Å². The second-order valence-electron chi connectivity index (χ2n) is 8.07. The van der Waals surface area contributed by atoms with Gasteiger partial charge in [0.15, 0.2) is 0 Å². The summed E-state index contributed by atoms with van der Waals surface area (Å²) in [5.74, 6) is 0.882. The maximum Gasteiger partial charge on any atom is 0.144 e. The fourth-order valence-electron chi connectivity index (χ4n) is 3.78. The number of benzene rings is 2. The molecule has 2 aromatic carbocycles. The van der Waals surface area contributed by atoms with Crippen LogP contribution in [0, 0.1) is 24.7 Å². The zero-order valence-electron chi connectivity index (χ0n) is 19.5. The SMILES string of the molecule is CCCc1nc(C)c(OCc2cccc(C(=N)N)c2)c(C)c1CNc1ccc(C(=N)N)cc1. The number of hydrogen-bond acceptors (Lipinski definition) is 5. The number of amidine groups is 2. The van der Waals surface area contributed by atoms with Crippen LogP contribution in [0.3, 0.4) is 0 Å². The van der Waals surface area contributed by atoms with Crippen LogP contribution in [-0.4, -0.2) is 16.7 Å². The lowest BCUT2D eigenvalue weighted by atomic mass is 10.0. The Hall–Kier alpha value is -3.87. The van der Waals surface area contributed by atoms with Crippen LogP contribution in [0.4, 0.5) is 5.69 Å². The van der Waals surface area contributed by atoms with Crippen LogP contribution in [0.5, 0.6) is 5.75 Å². The molecular formula is C26H32N6O. The lowest BCUT2D eigenvalue weighted by molar-refractivity contribution is 0.299. The van der Waals surface area contributed by atoms with Crippen LogP contribution in [0.1, 0.15) is 52.5 Å². The minimum Gasteiger partial charge on any atom is -0.487 e. The molecule has 0 saturated carbocycles. The Bertz CT molecular complexity index is 1150. The van der Waals surface area contributed by atoms with Gasteiger partial charge in [0, 0.05) is 29.1 Å². The van der Waals surface area contributed by atoms with Gasteiger partial charge < -0.3 is 21.5 Å². The summed E-state index contributed by atoms with van der Waals surface area (Å²) >= 11 is 0. The largest absolute Gasteiger partial charge is 0.487 e. The standard InChI is InChI=1S/C26H32N6O/c1-4-6-23-22(14-31-21-11-9-19(10-12-21)25(27)28)16(2)24(17(3)32-23)33-15-18-7-5-8-20(13-18)26(29)30/h5,7-13,31H,4,6,14-15H2,1-3H3,(H3,27,28)(H3,29,30). The number of nitrogens with one attached hydrogen (secondary N) is 3. The molecule has 0 aliphatic carbocycles. The van der Waals surface area contributed by atoms with Crippen LogP contribution >= 0.6 is 0 Å². The highest BCUT2D eigenvalue weighted by atomic mass is 16.5. The number of nitrogens with zero attached hydrogens (tertiary/aromatic N) is 1. The van der Waals surface area contributed by atoms with Crippen molar-refractivity contribution in [2.45, 2.75) is 46.8 Å². The van der Waals surface area contributed by atoms with E-state index in [4.69, 9.17) is 32.0 Å². The minimum atomic E-state index is 0.0412. The monoisotopic (exact) mass is 444 g/mol. The van der Waals surface area contributed by atoms with E-state index in [0.29, 0.717) is 24.3 Å². The summed E-state index contributed by atoms with van der Waals surface area (Å²) < 4.78 is 6.22. The Kier molecular flexibility index (Phi) is 7.66. The summed E-state index contributed by atoms with van der Waals surface area (Å²) in [6.07, 6.45) is 1.90. The Morgan fingerprint density at radius 1 is 1.00 bits per heavy atom. The minimum absolute atomic E-state index is 0.0412. The van der Waals surface area contributed by atoms with Crippen molar-refractivity contribution in [3.8, 4) is 5.75 Å². The molecule has 0 atom stereocenters. The van der Waals surface area contributed by atoms with Gasteiger partial charge in [0.05, 0.1) is 5.69 Å². The molecule has 3 rings (SSSR count). The van der Waals surface area contributed by atoms with Crippen LogP contribution < -0.4 is 21.5 Å². The number of aryl methyl sites for hydroxylation is 2. The molecule has 0 aliphatic rings. The van der Waals surface area contributed by atoms with E-state index in [1.54, 1.807) is 0 Å². The third-order valence-electron chi connectivity index (χ3n) is 5.55. The maximum absolute atomic E-state index is 7.64. The van der Waals surface area contributed by atoms with E-state index < -0.39 is 0 Å². The number of hydrogen-bond donors (Lipinski definition) is 5. The Balaban J connectivity index is 1.83. The molecule has 0 bridgehead atoms. The molecule has 33 heavy (non-hydrogen) atoms. The van der Waals surface area contributed by atoms with Gasteiger partial charge in [-0.1, -0.05) is 31.5 Å². The number of nitrogens with two attached hydrogens (primary N) is 2. The van der Waals surface area contributed by atoms with E-state index in [0.717, 1.165) is 52.4 Å². The number of aromatic nitrogens is 1. The number of anilines is 1. The van der Waals surface area contributed by atoms with Crippen molar-refractivity contribution in [1.82, 2.24) is 4.98 Å². The summed E-state index contributed by atoms with van der Waals surface area (Å²) in [5, 5.41) is 18.6. The van der Waals surface area contributed by atoms with Gasteiger partial charge in [-0.3, -0.25) is 15.8 Å². The van der Waals surface area contributed by atoms with E-state index in [-0.39, 0.29) is 11.7 Å². The molecule has 1 aromatic heterocycles. The van der Waals surface area contributed by atoms with Crippen molar-refractivity contribution < 1.29 is 4.74 Å². The lowest BCUT2D eigenvalue weighted by Crippen LogP contribution is -2.13. The van der Waals surface area contributed by atoms with Gasteiger partial charge in [0.25, 0.3) is 0 Å². The summed E-state index contributed by atoms with van der Waals surface area (Å²) in [7, 11) is 0. The van der Waals surface area contributed by atoms with Crippen LogP contribution in [0.15, 0.2) is 48.5 Å². The first-order valence-corrected chi connectivity index (χ1v) is 11.0. The zero-order valence-corrected chi connectivity index (χ0v) is 19.5. The lowest BCUT2D eigenvalue weighted by Gasteiger charge is -2.19. The van der Waals surface area contributed by atoms with Gasteiger partial charge in [-0.2, -0.15) is 0 Å². The highest BCUT2D eigenvalue weighted by molar-refractivity contribution is 5.95. The van der Waals surface area contributed by atoms with Crippen molar-refractivity contribution in [1.29, 1.82) is 10.8 Å². The van der Waals surface area contributed by atoms with Gasteiger partial charge in [-0.15, -0.1) is 0 Å². The molecule has 0 spiro atoms. The Labute approximate surface area is 195 Å². The number of rotatable bonds is 10. The summed E-state index contributed by atoms with van der Waals surface area (Å²) in [4.78, 5) is 4.87. The van der Waals surface area contributed by atoms with Gasteiger partial charge in [0.2, 0.25) is 0 Å². The molecule has 7 nitrogen and oxygen atoms in total. The molecule has 0 aliphatic heterocycles. The Morgan fingerprint density at radius 3 is 2.33 bits per heavy atom. The number of pyridine rings is 1. The summed E-state index contributed by atoms with van der Waals surface area (Å²) in [5.41, 5.74) is 18.6. The van der Waals surface area contributed by atoms with Gasteiger partial charge in [-0.05, 0) is 67.3 Å². The highest BCUT2D eigenvalue weighted by Crippen LogP contribution is 2.29. The molecule has 3 aromatic rings. The summed E-state index contributed by atoms with van der Waals surface area (Å²) in [6, 6.07) is 15.0. The first kappa shape index (κ1) is 23.8. The fourth-order valence-corrected chi connectivity index (χ4v) is 3.78. The molecule has 7 heteroatoms. The topological polar surface area (TPSA) is 134 Å². The van der Waals surface area contributed by atoms with Gasteiger partial charge in [-0.25, -0.2) is 0 Å². The smallest absolute Gasteiger partial charge is 0.144 e.